The molecule has 1 aliphatic heterocycles. The second kappa shape index (κ2) is 3.82. The summed E-state index contributed by atoms with van der Waals surface area (Å²) >= 11 is 5.22. The van der Waals surface area contributed by atoms with Crippen molar-refractivity contribution in [2.45, 2.75) is 38.8 Å². The molecule has 5 heteroatoms. The molecule has 4 nitrogen and oxygen atoms in total. The van der Waals surface area contributed by atoms with Gasteiger partial charge in [0, 0.05) is 13.0 Å². The molecule has 2 heterocycles. The number of ether oxygens (including phenoxy) is 1. The molecular formula is C9H15N3OS. The van der Waals surface area contributed by atoms with Gasteiger partial charge in [0.1, 0.15) is 5.82 Å². The number of hydrogen-bond donors (Lipinski definition) is 1. The van der Waals surface area contributed by atoms with Gasteiger partial charge in [-0.25, -0.2) is 0 Å². The van der Waals surface area contributed by atoms with Crippen LogP contribution in [0.4, 0.5) is 0 Å². The van der Waals surface area contributed by atoms with E-state index in [2.05, 4.69) is 28.6 Å². The first-order chi connectivity index (χ1) is 6.74. The molecule has 0 bridgehead atoms. The third-order valence-electron chi connectivity index (χ3n) is 2.76. The third-order valence-corrected chi connectivity index (χ3v) is 3.05. The lowest BCUT2D eigenvalue weighted by molar-refractivity contribution is 0.107. The van der Waals surface area contributed by atoms with Gasteiger partial charge in [-0.1, -0.05) is 6.92 Å². The van der Waals surface area contributed by atoms with Gasteiger partial charge in [0.15, 0.2) is 4.77 Å². The smallest absolute Gasteiger partial charge is 0.195 e. The molecule has 2 unspecified atom stereocenters. The number of hydrogen-bond acceptors (Lipinski definition) is 3. The fourth-order valence-corrected chi connectivity index (χ4v) is 2.27. The highest BCUT2D eigenvalue weighted by Crippen LogP contribution is 2.26. The average molecular weight is 213 g/mol. The van der Waals surface area contributed by atoms with Gasteiger partial charge in [0.2, 0.25) is 0 Å². The maximum absolute atomic E-state index is 5.53. The molecule has 1 saturated heterocycles. The molecule has 14 heavy (non-hydrogen) atoms. The van der Waals surface area contributed by atoms with E-state index >= 15 is 0 Å². The summed E-state index contributed by atoms with van der Waals surface area (Å²) in [6.07, 6.45) is 2.17. The summed E-state index contributed by atoms with van der Waals surface area (Å²) in [5.41, 5.74) is 0. The topological polar surface area (TPSA) is 42.8 Å². The van der Waals surface area contributed by atoms with E-state index in [9.17, 15) is 0 Å². The van der Waals surface area contributed by atoms with E-state index in [1.165, 1.54) is 0 Å². The minimum Gasteiger partial charge on any atom is -0.376 e. The lowest BCUT2D eigenvalue weighted by Crippen LogP contribution is -2.19. The Hall–Kier alpha value is -0.680. The molecule has 0 radical (unpaired) electrons. The van der Waals surface area contributed by atoms with Gasteiger partial charge in [-0.3, -0.25) is 9.67 Å². The first-order valence-electron chi connectivity index (χ1n) is 5.01. The second-order valence-electron chi connectivity index (χ2n) is 3.60. The Morgan fingerprint density at radius 3 is 3.07 bits per heavy atom. The lowest BCUT2D eigenvalue weighted by atomic mass is 10.1. The number of aromatic nitrogens is 3. The fourth-order valence-electron chi connectivity index (χ4n) is 1.99. The van der Waals surface area contributed by atoms with Gasteiger partial charge in [-0.05, 0) is 25.6 Å². The van der Waals surface area contributed by atoms with Crippen molar-refractivity contribution in [3.8, 4) is 0 Å². The van der Waals surface area contributed by atoms with E-state index in [-0.39, 0.29) is 6.10 Å². The zero-order valence-electron chi connectivity index (χ0n) is 8.49. The van der Waals surface area contributed by atoms with Crippen molar-refractivity contribution in [3.05, 3.63) is 10.6 Å². The third kappa shape index (κ3) is 1.50. The van der Waals surface area contributed by atoms with Crippen molar-refractivity contribution in [2.75, 3.05) is 6.61 Å². The van der Waals surface area contributed by atoms with E-state index in [1.807, 2.05) is 0 Å². The molecule has 2 atom stereocenters. The Labute approximate surface area is 88.3 Å². The highest BCUT2D eigenvalue weighted by Gasteiger charge is 2.28. The highest BCUT2D eigenvalue weighted by molar-refractivity contribution is 7.71. The highest BCUT2D eigenvalue weighted by atomic mass is 32.1. The van der Waals surface area contributed by atoms with Crippen LogP contribution in [0.25, 0.3) is 0 Å². The van der Waals surface area contributed by atoms with Gasteiger partial charge in [-0.2, -0.15) is 5.10 Å². The molecule has 0 aliphatic carbocycles. The van der Waals surface area contributed by atoms with Gasteiger partial charge in [0.05, 0.1) is 12.1 Å². The van der Waals surface area contributed by atoms with Crippen LogP contribution >= 0.6 is 12.2 Å². The maximum atomic E-state index is 5.53. The van der Waals surface area contributed by atoms with E-state index < -0.39 is 0 Å². The molecule has 1 aromatic heterocycles. The van der Waals surface area contributed by atoms with Gasteiger partial charge < -0.3 is 4.74 Å². The molecule has 0 aromatic carbocycles. The van der Waals surface area contributed by atoms with Crippen LogP contribution in [-0.4, -0.2) is 27.5 Å². The van der Waals surface area contributed by atoms with Crippen LogP contribution in [-0.2, 0) is 11.2 Å². The Morgan fingerprint density at radius 1 is 1.71 bits per heavy atom. The molecule has 0 spiro atoms. The van der Waals surface area contributed by atoms with Crippen LogP contribution in [0.3, 0.4) is 0 Å². The van der Waals surface area contributed by atoms with Crippen LogP contribution in [0.15, 0.2) is 0 Å². The summed E-state index contributed by atoms with van der Waals surface area (Å²) in [7, 11) is 0. The molecule has 0 saturated carbocycles. The van der Waals surface area contributed by atoms with Crippen LogP contribution in [0, 0.1) is 4.77 Å². The quantitative estimate of drug-likeness (QED) is 0.762. The molecule has 1 aromatic rings. The van der Waals surface area contributed by atoms with E-state index in [0.717, 1.165) is 25.3 Å². The first kappa shape index (κ1) is 9.86. The normalized spacial score (nSPS) is 27.0. The Balaban J connectivity index is 2.38. The van der Waals surface area contributed by atoms with Crippen LogP contribution < -0.4 is 0 Å². The number of aryl methyl sites for hydroxylation is 1. The van der Waals surface area contributed by atoms with Crippen molar-refractivity contribution >= 4 is 12.2 Å². The van der Waals surface area contributed by atoms with Gasteiger partial charge in [-0.15, -0.1) is 0 Å². The molecule has 1 aliphatic rings. The Bertz CT molecular complexity index is 370. The summed E-state index contributed by atoms with van der Waals surface area (Å²) in [4.78, 5) is 0. The van der Waals surface area contributed by atoms with Crippen molar-refractivity contribution < 1.29 is 4.74 Å². The maximum Gasteiger partial charge on any atom is 0.195 e. The van der Waals surface area contributed by atoms with Gasteiger partial charge in [0.25, 0.3) is 0 Å². The zero-order chi connectivity index (χ0) is 10.1. The Morgan fingerprint density at radius 2 is 2.50 bits per heavy atom. The van der Waals surface area contributed by atoms with E-state index in [0.29, 0.717) is 10.8 Å². The monoisotopic (exact) mass is 213 g/mol. The summed E-state index contributed by atoms with van der Waals surface area (Å²) in [5, 5.41) is 7.05. The zero-order valence-corrected chi connectivity index (χ0v) is 9.30. The number of H-pyrrole nitrogens is 1. The van der Waals surface area contributed by atoms with Gasteiger partial charge >= 0.3 is 0 Å². The van der Waals surface area contributed by atoms with Crippen LogP contribution in [0.2, 0.25) is 0 Å². The number of nitrogens with zero attached hydrogens (tertiary/aromatic N) is 2. The van der Waals surface area contributed by atoms with Crippen LogP contribution in [0.1, 0.15) is 32.1 Å². The Kier molecular flexibility index (Phi) is 2.69. The summed E-state index contributed by atoms with van der Waals surface area (Å²) in [5.74, 6) is 1.03. The van der Waals surface area contributed by atoms with E-state index in [4.69, 9.17) is 17.0 Å². The van der Waals surface area contributed by atoms with E-state index in [1.54, 1.807) is 0 Å². The number of rotatable bonds is 2. The predicted molar refractivity (Wildman–Crippen MR) is 55.9 cm³/mol. The van der Waals surface area contributed by atoms with Crippen molar-refractivity contribution in [3.63, 3.8) is 0 Å². The minimum absolute atomic E-state index is 0.240. The molecule has 1 N–H and O–H groups in total. The molecule has 1 fully saturated rings. The SMILES string of the molecule is CCc1n[nH]c(=S)n1C1CCOC1C. The fraction of sp³-hybridized carbons (Fsp3) is 0.778. The minimum atomic E-state index is 0.240. The van der Waals surface area contributed by atoms with Crippen LogP contribution in [0.5, 0.6) is 0 Å². The number of nitrogens with one attached hydrogen (secondary N) is 1. The van der Waals surface area contributed by atoms with Crippen molar-refractivity contribution in [2.24, 2.45) is 0 Å². The first-order valence-corrected chi connectivity index (χ1v) is 5.42. The van der Waals surface area contributed by atoms with Crippen molar-refractivity contribution in [1.82, 2.24) is 14.8 Å². The second-order valence-corrected chi connectivity index (χ2v) is 3.99. The molecule has 2 rings (SSSR count). The molecule has 78 valence electrons. The van der Waals surface area contributed by atoms with Crippen molar-refractivity contribution in [1.29, 1.82) is 0 Å². The standard InChI is InChI=1S/C9H15N3OS/c1-3-8-10-11-9(14)12(8)7-4-5-13-6(7)2/h6-7H,3-5H2,1-2H3,(H,11,14). The lowest BCUT2D eigenvalue weighted by Gasteiger charge is -2.16. The largest absolute Gasteiger partial charge is 0.376 e. The predicted octanol–water partition coefficient (Wildman–Crippen LogP) is 1.85. The molecular weight excluding hydrogens is 198 g/mol. The average Bonchev–Trinajstić information content (AvgIpc) is 2.72. The summed E-state index contributed by atoms with van der Waals surface area (Å²) in [6, 6.07) is 0.358. The summed E-state index contributed by atoms with van der Waals surface area (Å²) in [6.45, 7) is 5.00. The molecule has 0 amide bonds. The number of aromatic amines is 1. The summed E-state index contributed by atoms with van der Waals surface area (Å²) < 4.78 is 8.35.